The SMILES string of the molecule is CC(=O)NCCN(C(=O)CCn1cnc2ccccc21)C(C)C(=O)O. The lowest BCUT2D eigenvalue weighted by Crippen LogP contribution is -2.46. The molecule has 2 amide bonds. The predicted octanol–water partition coefficient (Wildman–Crippen LogP) is 0.864. The first-order valence-electron chi connectivity index (χ1n) is 8.06. The number of fused-ring (bicyclic) bond motifs is 1. The standard InChI is InChI=1S/C17H22N4O4/c1-12(17(24)25)21(10-8-18-13(2)22)16(23)7-9-20-11-19-14-5-3-4-6-15(14)20/h3-6,11-12H,7-10H2,1-2H3,(H,18,22)(H,24,25). The minimum absolute atomic E-state index is 0.149. The molecule has 1 atom stereocenters. The monoisotopic (exact) mass is 346 g/mol. The summed E-state index contributed by atoms with van der Waals surface area (Å²) >= 11 is 0. The fourth-order valence-corrected chi connectivity index (χ4v) is 2.57. The van der Waals surface area contributed by atoms with E-state index in [2.05, 4.69) is 10.3 Å². The lowest BCUT2D eigenvalue weighted by atomic mass is 10.2. The van der Waals surface area contributed by atoms with Gasteiger partial charge in [0, 0.05) is 33.0 Å². The molecule has 0 saturated carbocycles. The maximum Gasteiger partial charge on any atom is 0.326 e. The average molecular weight is 346 g/mol. The molecule has 0 saturated heterocycles. The largest absolute Gasteiger partial charge is 0.480 e. The number of nitrogens with zero attached hydrogens (tertiary/aromatic N) is 3. The van der Waals surface area contributed by atoms with Crippen LogP contribution in [0.4, 0.5) is 0 Å². The van der Waals surface area contributed by atoms with Gasteiger partial charge in [-0.2, -0.15) is 0 Å². The van der Waals surface area contributed by atoms with Crippen molar-refractivity contribution >= 4 is 28.8 Å². The zero-order valence-corrected chi connectivity index (χ0v) is 14.3. The minimum Gasteiger partial charge on any atom is -0.480 e. The van der Waals surface area contributed by atoms with Gasteiger partial charge >= 0.3 is 5.97 Å². The van der Waals surface area contributed by atoms with Gasteiger partial charge in [0.05, 0.1) is 17.4 Å². The van der Waals surface area contributed by atoms with E-state index in [4.69, 9.17) is 0 Å². The molecule has 8 heteroatoms. The van der Waals surface area contributed by atoms with Gasteiger partial charge in [-0.05, 0) is 19.1 Å². The van der Waals surface area contributed by atoms with Crippen LogP contribution in [0.25, 0.3) is 11.0 Å². The Kier molecular flexibility index (Phi) is 6.10. The van der Waals surface area contributed by atoms with E-state index < -0.39 is 12.0 Å². The van der Waals surface area contributed by atoms with Crippen LogP contribution in [0.15, 0.2) is 30.6 Å². The molecule has 0 aliphatic rings. The first-order valence-corrected chi connectivity index (χ1v) is 8.06. The van der Waals surface area contributed by atoms with Gasteiger partial charge in [-0.3, -0.25) is 9.59 Å². The van der Waals surface area contributed by atoms with Crippen LogP contribution in [-0.4, -0.2) is 56.5 Å². The Morgan fingerprint density at radius 2 is 2.04 bits per heavy atom. The molecule has 0 aliphatic carbocycles. The molecule has 0 radical (unpaired) electrons. The third-order valence-electron chi connectivity index (χ3n) is 3.97. The Balaban J connectivity index is 2.02. The number of para-hydroxylation sites is 2. The lowest BCUT2D eigenvalue weighted by molar-refractivity contribution is -0.149. The molecule has 1 aromatic heterocycles. The van der Waals surface area contributed by atoms with Gasteiger partial charge in [0.2, 0.25) is 11.8 Å². The van der Waals surface area contributed by atoms with Gasteiger partial charge in [-0.25, -0.2) is 9.78 Å². The van der Waals surface area contributed by atoms with Crippen LogP contribution in [0.5, 0.6) is 0 Å². The van der Waals surface area contributed by atoms with Gasteiger partial charge in [0.1, 0.15) is 6.04 Å². The summed E-state index contributed by atoms with van der Waals surface area (Å²) in [4.78, 5) is 40.3. The molecular weight excluding hydrogens is 324 g/mol. The number of benzene rings is 1. The Labute approximate surface area is 145 Å². The Bertz CT molecular complexity index is 771. The smallest absolute Gasteiger partial charge is 0.326 e. The molecule has 1 aromatic carbocycles. The second-order valence-corrected chi connectivity index (χ2v) is 5.76. The number of hydrogen-bond acceptors (Lipinski definition) is 4. The van der Waals surface area contributed by atoms with Crippen molar-refractivity contribution in [1.82, 2.24) is 19.8 Å². The number of rotatable bonds is 8. The van der Waals surface area contributed by atoms with Crippen molar-refractivity contribution in [2.45, 2.75) is 32.9 Å². The van der Waals surface area contributed by atoms with Gasteiger partial charge < -0.3 is 19.9 Å². The predicted molar refractivity (Wildman–Crippen MR) is 91.8 cm³/mol. The minimum atomic E-state index is -1.08. The molecule has 0 fully saturated rings. The summed E-state index contributed by atoms with van der Waals surface area (Å²) < 4.78 is 1.87. The second-order valence-electron chi connectivity index (χ2n) is 5.76. The molecular formula is C17H22N4O4. The third-order valence-corrected chi connectivity index (χ3v) is 3.97. The van der Waals surface area contributed by atoms with E-state index in [-0.39, 0.29) is 31.3 Å². The zero-order chi connectivity index (χ0) is 18.4. The number of aryl methyl sites for hydroxylation is 1. The lowest BCUT2D eigenvalue weighted by Gasteiger charge is -2.26. The van der Waals surface area contributed by atoms with E-state index in [0.717, 1.165) is 11.0 Å². The first-order chi connectivity index (χ1) is 11.9. The average Bonchev–Trinajstić information content (AvgIpc) is 2.99. The number of carbonyl (C=O) groups excluding carboxylic acids is 2. The van der Waals surface area contributed by atoms with Crippen LogP contribution in [0.1, 0.15) is 20.3 Å². The van der Waals surface area contributed by atoms with Crippen LogP contribution < -0.4 is 5.32 Å². The second kappa shape index (κ2) is 8.27. The molecule has 8 nitrogen and oxygen atoms in total. The van der Waals surface area contributed by atoms with Crippen LogP contribution in [0.2, 0.25) is 0 Å². The molecule has 134 valence electrons. The molecule has 2 N–H and O–H groups in total. The van der Waals surface area contributed by atoms with Crippen molar-refractivity contribution in [3.63, 3.8) is 0 Å². The molecule has 25 heavy (non-hydrogen) atoms. The highest BCUT2D eigenvalue weighted by Gasteiger charge is 2.25. The van der Waals surface area contributed by atoms with Crippen molar-refractivity contribution in [2.75, 3.05) is 13.1 Å². The fourth-order valence-electron chi connectivity index (χ4n) is 2.57. The van der Waals surface area contributed by atoms with E-state index in [9.17, 15) is 19.5 Å². The number of aliphatic carboxylic acids is 1. The van der Waals surface area contributed by atoms with Crippen molar-refractivity contribution in [3.05, 3.63) is 30.6 Å². The Hall–Kier alpha value is -2.90. The first kappa shape index (κ1) is 18.4. The van der Waals surface area contributed by atoms with Crippen LogP contribution >= 0.6 is 0 Å². The number of aromatic nitrogens is 2. The maximum atomic E-state index is 12.5. The van der Waals surface area contributed by atoms with Gasteiger partial charge in [0.25, 0.3) is 0 Å². The van der Waals surface area contributed by atoms with Crippen LogP contribution in [0, 0.1) is 0 Å². The van der Waals surface area contributed by atoms with Crippen LogP contribution in [-0.2, 0) is 20.9 Å². The van der Waals surface area contributed by atoms with Gasteiger partial charge in [-0.15, -0.1) is 0 Å². The van der Waals surface area contributed by atoms with Crippen molar-refractivity contribution in [1.29, 1.82) is 0 Å². The number of amides is 2. The summed E-state index contributed by atoms with van der Waals surface area (Å²) in [6.07, 6.45) is 1.82. The van der Waals surface area contributed by atoms with Crippen molar-refractivity contribution < 1.29 is 19.5 Å². The summed E-state index contributed by atoms with van der Waals surface area (Å²) in [7, 11) is 0. The van der Waals surface area contributed by atoms with Gasteiger partial charge in [-0.1, -0.05) is 12.1 Å². The normalized spacial score (nSPS) is 11.9. The van der Waals surface area contributed by atoms with Crippen molar-refractivity contribution in [3.8, 4) is 0 Å². The quantitative estimate of drug-likeness (QED) is 0.738. The summed E-state index contributed by atoms with van der Waals surface area (Å²) in [5.41, 5.74) is 1.77. The Morgan fingerprint density at radius 1 is 1.32 bits per heavy atom. The molecule has 0 aliphatic heterocycles. The number of nitrogens with one attached hydrogen (secondary N) is 1. The number of carboxylic acids is 1. The zero-order valence-electron chi connectivity index (χ0n) is 14.3. The van der Waals surface area contributed by atoms with E-state index in [1.165, 1.54) is 18.7 Å². The van der Waals surface area contributed by atoms with E-state index in [1.807, 2.05) is 28.8 Å². The molecule has 1 heterocycles. The van der Waals surface area contributed by atoms with Gasteiger partial charge in [0.15, 0.2) is 0 Å². The van der Waals surface area contributed by atoms with E-state index in [0.29, 0.717) is 6.54 Å². The molecule has 1 unspecified atom stereocenters. The van der Waals surface area contributed by atoms with Crippen molar-refractivity contribution in [2.24, 2.45) is 0 Å². The van der Waals surface area contributed by atoms with Crippen LogP contribution in [0.3, 0.4) is 0 Å². The highest BCUT2D eigenvalue weighted by molar-refractivity contribution is 5.83. The summed E-state index contributed by atoms with van der Waals surface area (Å²) in [6.45, 7) is 3.60. The third kappa shape index (κ3) is 4.79. The number of imidazole rings is 1. The Morgan fingerprint density at radius 3 is 2.72 bits per heavy atom. The number of carboxylic acid groups (broad SMARTS) is 1. The highest BCUT2D eigenvalue weighted by Crippen LogP contribution is 2.13. The highest BCUT2D eigenvalue weighted by atomic mass is 16.4. The number of carbonyl (C=O) groups is 3. The topological polar surface area (TPSA) is 105 Å². The van der Waals surface area contributed by atoms with E-state index in [1.54, 1.807) is 6.33 Å². The summed E-state index contributed by atoms with van der Waals surface area (Å²) in [6, 6.07) is 6.64. The number of hydrogen-bond donors (Lipinski definition) is 2. The summed E-state index contributed by atoms with van der Waals surface area (Å²) in [5.74, 6) is -1.58. The molecule has 0 bridgehead atoms. The maximum absolute atomic E-state index is 12.5. The molecule has 2 rings (SSSR count). The molecule has 2 aromatic rings. The summed E-state index contributed by atoms with van der Waals surface area (Å²) in [5, 5.41) is 11.8. The molecule has 0 spiro atoms. The fraction of sp³-hybridized carbons (Fsp3) is 0.412. The van der Waals surface area contributed by atoms with E-state index >= 15 is 0 Å².